The molecule has 0 aromatic carbocycles. The van der Waals surface area contributed by atoms with E-state index >= 15 is 0 Å². The van der Waals surface area contributed by atoms with Gasteiger partial charge in [-0.1, -0.05) is 17.7 Å². The molecule has 1 aromatic rings. The minimum absolute atomic E-state index is 0.823. The maximum atomic E-state index is 5.37. The van der Waals surface area contributed by atoms with E-state index in [1.165, 1.54) is 11.1 Å². The number of aryl methyl sites for hydroxylation is 1. The lowest BCUT2D eigenvalue weighted by Gasteiger charge is -1.98. The van der Waals surface area contributed by atoms with Crippen LogP contribution in [0.2, 0.25) is 0 Å². The van der Waals surface area contributed by atoms with E-state index in [9.17, 15) is 0 Å². The van der Waals surface area contributed by atoms with Gasteiger partial charge in [-0.25, -0.2) is 0 Å². The van der Waals surface area contributed by atoms with Crippen molar-refractivity contribution in [3.05, 3.63) is 29.6 Å². The Hall–Kier alpha value is -0.800. The third-order valence-corrected chi connectivity index (χ3v) is 1.88. The van der Waals surface area contributed by atoms with Crippen LogP contribution in [0.25, 0.3) is 0 Å². The van der Waals surface area contributed by atoms with Crippen LogP contribution in [-0.2, 0) is 13.5 Å². The largest absolute Gasteiger partial charge is 0.313 e. The van der Waals surface area contributed by atoms with Crippen molar-refractivity contribution in [2.75, 3.05) is 13.1 Å². The van der Waals surface area contributed by atoms with Gasteiger partial charge in [-0.2, -0.15) is 5.10 Å². The molecule has 0 atom stereocenters. The molecule has 13 heavy (non-hydrogen) atoms. The molecule has 72 valence electrons. The monoisotopic (exact) mass is 199 g/mol. The molecule has 1 heterocycles. The van der Waals surface area contributed by atoms with Crippen molar-refractivity contribution in [3.63, 3.8) is 0 Å². The van der Waals surface area contributed by atoms with Gasteiger partial charge in [-0.15, -0.1) is 0 Å². The number of hydrogen-bond donors (Lipinski definition) is 1. The van der Waals surface area contributed by atoms with E-state index in [1.807, 2.05) is 30.2 Å². The maximum absolute atomic E-state index is 5.37. The van der Waals surface area contributed by atoms with Crippen LogP contribution in [0, 0.1) is 0 Å². The summed E-state index contributed by atoms with van der Waals surface area (Å²) >= 11 is 5.37. The van der Waals surface area contributed by atoms with Gasteiger partial charge in [0.1, 0.15) is 0 Å². The summed E-state index contributed by atoms with van der Waals surface area (Å²) in [7, 11) is 1.92. The highest BCUT2D eigenvalue weighted by atomic mass is 35.5. The van der Waals surface area contributed by atoms with E-state index in [1.54, 1.807) is 0 Å². The Kier molecular flexibility index (Phi) is 4.57. The molecule has 0 aliphatic carbocycles. The average Bonchev–Trinajstić information content (AvgIpc) is 2.51. The highest BCUT2D eigenvalue weighted by molar-refractivity contribution is 6.25. The molecule has 0 spiro atoms. The van der Waals surface area contributed by atoms with Crippen LogP contribution < -0.4 is 5.32 Å². The lowest BCUT2D eigenvalue weighted by Crippen LogP contribution is -2.16. The van der Waals surface area contributed by atoms with E-state index in [-0.39, 0.29) is 0 Å². The van der Waals surface area contributed by atoms with Gasteiger partial charge >= 0.3 is 0 Å². The van der Waals surface area contributed by atoms with Gasteiger partial charge in [0.15, 0.2) is 0 Å². The Morgan fingerprint density at radius 2 is 2.54 bits per heavy atom. The number of nitrogens with zero attached hydrogens (tertiary/aromatic N) is 2. The van der Waals surface area contributed by atoms with Crippen molar-refractivity contribution in [1.29, 1.82) is 0 Å². The molecular formula is C9H14ClN3. The lowest BCUT2D eigenvalue weighted by molar-refractivity contribution is 0.741. The Bertz CT molecular complexity index is 268. The van der Waals surface area contributed by atoms with Crippen LogP contribution >= 0.6 is 11.6 Å². The van der Waals surface area contributed by atoms with E-state index in [4.69, 9.17) is 11.6 Å². The summed E-state index contributed by atoms with van der Waals surface area (Å²) in [4.78, 5) is 0. The van der Waals surface area contributed by atoms with Crippen molar-refractivity contribution in [3.8, 4) is 0 Å². The molecule has 1 aromatic heterocycles. The van der Waals surface area contributed by atoms with Gasteiger partial charge in [0.05, 0.1) is 6.20 Å². The van der Waals surface area contributed by atoms with Gasteiger partial charge in [0.25, 0.3) is 0 Å². The van der Waals surface area contributed by atoms with Crippen LogP contribution in [0.5, 0.6) is 0 Å². The summed E-state index contributed by atoms with van der Waals surface area (Å²) in [5.74, 6) is 0. The van der Waals surface area contributed by atoms with Crippen molar-refractivity contribution in [2.24, 2.45) is 7.05 Å². The van der Waals surface area contributed by atoms with Crippen LogP contribution in [0.3, 0.4) is 0 Å². The zero-order chi connectivity index (χ0) is 9.52. The third kappa shape index (κ3) is 4.10. The first kappa shape index (κ1) is 10.3. The fourth-order valence-electron chi connectivity index (χ4n) is 1.06. The van der Waals surface area contributed by atoms with E-state index in [0.717, 1.165) is 19.5 Å². The minimum Gasteiger partial charge on any atom is -0.313 e. The quantitative estimate of drug-likeness (QED) is 0.725. The Morgan fingerprint density at radius 3 is 3.15 bits per heavy atom. The van der Waals surface area contributed by atoms with Gasteiger partial charge in [-0.3, -0.25) is 4.68 Å². The van der Waals surface area contributed by atoms with E-state index in [2.05, 4.69) is 10.4 Å². The number of nitrogens with one attached hydrogen (secondary N) is 1. The van der Waals surface area contributed by atoms with Crippen molar-refractivity contribution >= 4 is 11.6 Å². The summed E-state index contributed by atoms with van der Waals surface area (Å²) in [6.07, 6.45) is 6.80. The number of aromatic nitrogens is 2. The Morgan fingerprint density at radius 1 is 1.69 bits per heavy atom. The molecule has 0 aliphatic heterocycles. The van der Waals surface area contributed by atoms with Crippen molar-refractivity contribution < 1.29 is 0 Å². The van der Waals surface area contributed by atoms with Crippen LogP contribution in [0.4, 0.5) is 0 Å². The Labute approximate surface area is 83.4 Å². The first-order chi connectivity index (χ1) is 6.33. The molecule has 4 heteroatoms. The van der Waals surface area contributed by atoms with Crippen molar-refractivity contribution in [2.45, 2.75) is 6.42 Å². The molecule has 3 nitrogen and oxygen atoms in total. The first-order valence-electron chi connectivity index (χ1n) is 4.26. The van der Waals surface area contributed by atoms with E-state index < -0.39 is 0 Å². The number of hydrogen-bond acceptors (Lipinski definition) is 2. The fourth-order valence-corrected chi connectivity index (χ4v) is 1.15. The molecule has 1 N–H and O–H groups in total. The van der Waals surface area contributed by atoms with Crippen LogP contribution in [-0.4, -0.2) is 22.9 Å². The number of halogens is 1. The molecule has 0 saturated heterocycles. The van der Waals surface area contributed by atoms with Gasteiger partial charge in [0.2, 0.25) is 0 Å². The summed E-state index contributed by atoms with van der Waals surface area (Å²) in [6, 6.07) is 0. The zero-order valence-electron chi connectivity index (χ0n) is 7.70. The molecule has 0 unspecified atom stereocenters. The predicted octanol–water partition coefficient (Wildman–Crippen LogP) is 1.30. The molecule has 0 radical (unpaired) electrons. The van der Waals surface area contributed by atoms with Gasteiger partial charge in [0, 0.05) is 25.3 Å². The SMILES string of the molecule is Cn1cc(CCNC/C=C/Cl)cn1. The molecule has 0 bridgehead atoms. The third-order valence-electron chi connectivity index (χ3n) is 1.70. The normalized spacial score (nSPS) is 11.2. The topological polar surface area (TPSA) is 29.9 Å². The molecule has 0 saturated carbocycles. The molecule has 0 aliphatic rings. The second kappa shape index (κ2) is 5.78. The van der Waals surface area contributed by atoms with E-state index in [0.29, 0.717) is 0 Å². The van der Waals surface area contributed by atoms with Gasteiger partial charge < -0.3 is 5.32 Å². The summed E-state index contributed by atoms with van der Waals surface area (Å²) in [5.41, 5.74) is 2.78. The van der Waals surface area contributed by atoms with Crippen LogP contribution in [0.1, 0.15) is 5.56 Å². The zero-order valence-corrected chi connectivity index (χ0v) is 8.46. The highest BCUT2D eigenvalue weighted by Crippen LogP contribution is 1.95. The van der Waals surface area contributed by atoms with Crippen molar-refractivity contribution in [1.82, 2.24) is 15.1 Å². The van der Waals surface area contributed by atoms with Crippen LogP contribution in [0.15, 0.2) is 24.0 Å². The summed E-state index contributed by atoms with van der Waals surface area (Å²) < 4.78 is 1.81. The smallest absolute Gasteiger partial charge is 0.0522 e. The first-order valence-corrected chi connectivity index (χ1v) is 4.70. The minimum atomic E-state index is 0.823. The molecular weight excluding hydrogens is 186 g/mol. The molecule has 0 amide bonds. The summed E-state index contributed by atoms with van der Waals surface area (Å²) in [6.45, 7) is 1.77. The predicted molar refractivity (Wildman–Crippen MR) is 54.8 cm³/mol. The maximum Gasteiger partial charge on any atom is 0.0522 e. The lowest BCUT2D eigenvalue weighted by atomic mass is 10.2. The average molecular weight is 200 g/mol. The standard InChI is InChI=1S/C9H14ClN3/c1-13-8-9(7-12-13)3-6-11-5-2-4-10/h2,4,7-8,11H,3,5-6H2,1H3/b4-2+. The fraction of sp³-hybridized carbons (Fsp3) is 0.444. The Balaban J connectivity index is 2.13. The molecule has 0 fully saturated rings. The molecule has 1 rings (SSSR count). The number of rotatable bonds is 5. The second-order valence-corrected chi connectivity index (χ2v) is 3.09. The van der Waals surface area contributed by atoms with Gasteiger partial charge in [-0.05, 0) is 18.5 Å². The highest BCUT2D eigenvalue weighted by Gasteiger charge is 1.93. The summed E-state index contributed by atoms with van der Waals surface area (Å²) in [5, 5.41) is 7.32. The second-order valence-electron chi connectivity index (χ2n) is 2.84.